The van der Waals surface area contributed by atoms with Gasteiger partial charge in [0.25, 0.3) is 0 Å². The van der Waals surface area contributed by atoms with Crippen LogP contribution in [0.15, 0.2) is 96.1 Å². The van der Waals surface area contributed by atoms with Crippen molar-refractivity contribution in [2.24, 2.45) is 5.10 Å². The normalized spacial score (nSPS) is 18.5. The number of nitrogens with zero attached hydrogens (tertiary/aromatic N) is 2. The van der Waals surface area contributed by atoms with Crippen LogP contribution < -0.4 is 9.47 Å². The Morgan fingerprint density at radius 2 is 1.69 bits per heavy atom. The molecule has 2 atom stereocenters. The van der Waals surface area contributed by atoms with Crippen LogP contribution in [0.4, 0.5) is 0 Å². The van der Waals surface area contributed by atoms with E-state index in [4.69, 9.17) is 14.6 Å². The van der Waals surface area contributed by atoms with Crippen molar-refractivity contribution in [3.63, 3.8) is 0 Å². The van der Waals surface area contributed by atoms with Crippen molar-refractivity contribution < 1.29 is 9.47 Å². The molecule has 35 heavy (non-hydrogen) atoms. The SMILES string of the molecule is CCCCCOc1ccc([C@@H]2Oc3ccccc3[C@@H]3CC(c4cccc5ccccc45)=NN32)cc1. The van der Waals surface area contributed by atoms with E-state index in [9.17, 15) is 0 Å². The van der Waals surface area contributed by atoms with Crippen molar-refractivity contribution in [3.05, 3.63) is 108 Å². The van der Waals surface area contributed by atoms with E-state index in [-0.39, 0.29) is 12.3 Å². The Bertz CT molecular complexity index is 1360. The number of hydrazone groups is 1. The van der Waals surface area contributed by atoms with Crippen molar-refractivity contribution >= 4 is 16.5 Å². The molecule has 0 saturated heterocycles. The summed E-state index contributed by atoms with van der Waals surface area (Å²) < 4.78 is 12.5. The van der Waals surface area contributed by atoms with Crippen molar-refractivity contribution in [2.45, 2.75) is 44.9 Å². The molecule has 0 bridgehead atoms. The van der Waals surface area contributed by atoms with E-state index < -0.39 is 0 Å². The van der Waals surface area contributed by atoms with Crippen LogP contribution in [0.3, 0.4) is 0 Å². The first kappa shape index (κ1) is 21.7. The molecule has 6 rings (SSSR count). The first-order valence-corrected chi connectivity index (χ1v) is 12.6. The van der Waals surface area contributed by atoms with E-state index in [1.807, 2.05) is 18.2 Å². The molecule has 0 amide bonds. The molecule has 2 aliphatic heterocycles. The number of benzene rings is 4. The number of hydrogen-bond donors (Lipinski definition) is 0. The minimum atomic E-state index is -0.281. The van der Waals surface area contributed by atoms with Gasteiger partial charge in [0.05, 0.1) is 18.4 Å². The van der Waals surface area contributed by atoms with Gasteiger partial charge in [-0.25, -0.2) is 5.01 Å². The molecule has 0 fully saturated rings. The Hall–Kier alpha value is -3.79. The van der Waals surface area contributed by atoms with E-state index >= 15 is 0 Å². The summed E-state index contributed by atoms with van der Waals surface area (Å²) in [5.41, 5.74) is 4.57. The van der Waals surface area contributed by atoms with Crippen LogP contribution in [0, 0.1) is 0 Å². The van der Waals surface area contributed by atoms with E-state index in [0.717, 1.165) is 42.2 Å². The number of rotatable bonds is 7. The molecule has 4 aromatic rings. The second kappa shape index (κ2) is 9.46. The van der Waals surface area contributed by atoms with Crippen LogP contribution >= 0.6 is 0 Å². The third-order valence-electron chi connectivity index (χ3n) is 6.98. The van der Waals surface area contributed by atoms with Crippen LogP contribution in [0.2, 0.25) is 0 Å². The maximum Gasteiger partial charge on any atom is 0.213 e. The summed E-state index contributed by atoms with van der Waals surface area (Å²) in [7, 11) is 0. The molecule has 0 aliphatic carbocycles. The Balaban J connectivity index is 1.34. The summed E-state index contributed by atoms with van der Waals surface area (Å²) in [6.45, 7) is 2.96. The predicted octanol–water partition coefficient (Wildman–Crippen LogP) is 7.65. The number of fused-ring (bicyclic) bond motifs is 4. The highest BCUT2D eigenvalue weighted by atomic mass is 16.5. The number of para-hydroxylation sites is 1. The summed E-state index contributed by atoms with van der Waals surface area (Å²) in [5, 5.41) is 9.80. The van der Waals surface area contributed by atoms with Gasteiger partial charge < -0.3 is 9.47 Å². The van der Waals surface area contributed by atoms with Crippen molar-refractivity contribution in [2.75, 3.05) is 6.61 Å². The number of ether oxygens (including phenoxy) is 2. The number of hydrogen-bond acceptors (Lipinski definition) is 4. The molecule has 176 valence electrons. The first-order valence-electron chi connectivity index (χ1n) is 12.6. The van der Waals surface area contributed by atoms with Gasteiger partial charge in [-0.2, -0.15) is 5.10 Å². The Kier molecular flexibility index (Phi) is 5.87. The highest BCUT2D eigenvalue weighted by molar-refractivity contribution is 6.11. The van der Waals surface area contributed by atoms with E-state index in [1.54, 1.807) is 0 Å². The van der Waals surface area contributed by atoms with Gasteiger partial charge in [-0.3, -0.25) is 0 Å². The fourth-order valence-corrected chi connectivity index (χ4v) is 5.16. The first-order chi connectivity index (χ1) is 17.3. The van der Waals surface area contributed by atoms with Crippen LogP contribution in [0.5, 0.6) is 11.5 Å². The van der Waals surface area contributed by atoms with E-state index in [1.165, 1.54) is 34.7 Å². The molecule has 4 heteroatoms. The molecule has 2 heterocycles. The summed E-state index contributed by atoms with van der Waals surface area (Å²) in [6.07, 6.45) is 4.05. The average molecular weight is 463 g/mol. The van der Waals surface area contributed by atoms with E-state index in [2.05, 4.69) is 84.7 Å². The highest BCUT2D eigenvalue weighted by Crippen LogP contribution is 2.47. The fourth-order valence-electron chi connectivity index (χ4n) is 5.16. The molecule has 4 nitrogen and oxygen atoms in total. The van der Waals surface area contributed by atoms with Crippen molar-refractivity contribution in [3.8, 4) is 11.5 Å². The zero-order chi connectivity index (χ0) is 23.6. The average Bonchev–Trinajstić information content (AvgIpc) is 3.36. The topological polar surface area (TPSA) is 34.1 Å². The molecule has 0 aromatic heterocycles. The molecule has 4 aromatic carbocycles. The van der Waals surface area contributed by atoms with Gasteiger partial charge in [-0.05, 0) is 47.5 Å². The summed E-state index contributed by atoms with van der Waals surface area (Å²) in [6, 6.07) is 31.8. The van der Waals surface area contributed by atoms with Crippen molar-refractivity contribution in [1.82, 2.24) is 5.01 Å². The lowest BCUT2D eigenvalue weighted by molar-refractivity contribution is -0.0190. The minimum Gasteiger partial charge on any atom is -0.494 e. The van der Waals surface area contributed by atoms with Gasteiger partial charge in [-0.1, -0.05) is 80.4 Å². The molecule has 0 saturated carbocycles. The Labute approximate surface area is 206 Å². The molecular formula is C31H30N2O2. The lowest BCUT2D eigenvalue weighted by Crippen LogP contribution is -2.33. The predicted molar refractivity (Wildman–Crippen MR) is 141 cm³/mol. The second-order valence-electron chi connectivity index (χ2n) is 9.31. The Morgan fingerprint density at radius 1 is 0.886 bits per heavy atom. The maximum absolute atomic E-state index is 6.53. The molecule has 0 radical (unpaired) electrons. The Morgan fingerprint density at radius 3 is 2.57 bits per heavy atom. The second-order valence-corrected chi connectivity index (χ2v) is 9.31. The zero-order valence-corrected chi connectivity index (χ0v) is 20.1. The minimum absolute atomic E-state index is 0.142. The van der Waals surface area contributed by atoms with Gasteiger partial charge in [0.15, 0.2) is 0 Å². The quantitative estimate of drug-likeness (QED) is 0.265. The van der Waals surface area contributed by atoms with Gasteiger partial charge >= 0.3 is 0 Å². The van der Waals surface area contributed by atoms with Gasteiger partial charge in [0.1, 0.15) is 11.5 Å². The molecule has 2 aliphatic rings. The van der Waals surface area contributed by atoms with Crippen LogP contribution in [-0.2, 0) is 0 Å². The fraction of sp³-hybridized carbons (Fsp3) is 0.258. The monoisotopic (exact) mass is 462 g/mol. The van der Waals surface area contributed by atoms with Crippen molar-refractivity contribution in [1.29, 1.82) is 0 Å². The van der Waals surface area contributed by atoms with Gasteiger partial charge in [0.2, 0.25) is 6.23 Å². The molecular weight excluding hydrogens is 432 g/mol. The highest BCUT2D eigenvalue weighted by Gasteiger charge is 2.41. The lowest BCUT2D eigenvalue weighted by Gasteiger charge is -2.38. The molecule has 0 spiro atoms. The van der Waals surface area contributed by atoms with Crippen LogP contribution in [0.25, 0.3) is 10.8 Å². The summed E-state index contributed by atoms with van der Waals surface area (Å²) in [4.78, 5) is 0. The maximum atomic E-state index is 6.53. The summed E-state index contributed by atoms with van der Waals surface area (Å²) in [5.74, 6) is 1.84. The lowest BCUT2D eigenvalue weighted by atomic mass is 9.93. The molecule has 0 unspecified atom stereocenters. The van der Waals surface area contributed by atoms with E-state index in [0.29, 0.717) is 0 Å². The van der Waals surface area contributed by atoms with Gasteiger partial charge in [-0.15, -0.1) is 0 Å². The molecule has 0 N–H and O–H groups in total. The smallest absolute Gasteiger partial charge is 0.213 e. The van der Waals surface area contributed by atoms with Gasteiger partial charge in [0, 0.05) is 23.1 Å². The van der Waals surface area contributed by atoms with Crippen LogP contribution in [-0.4, -0.2) is 17.3 Å². The largest absolute Gasteiger partial charge is 0.494 e. The zero-order valence-electron chi connectivity index (χ0n) is 20.1. The summed E-state index contributed by atoms with van der Waals surface area (Å²) >= 11 is 0. The number of unbranched alkanes of at least 4 members (excludes halogenated alkanes) is 2. The van der Waals surface area contributed by atoms with Crippen LogP contribution in [0.1, 0.15) is 61.6 Å². The third kappa shape index (κ3) is 4.14. The third-order valence-corrected chi connectivity index (χ3v) is 6.98. The standard InChI is InChI=1S/C31H30N2O2/c1-2-3-8-20-34-24-18-16-23(17-19-24)31-33-29(27-13-6-7-15-30(27)35-31)21-28(32-33)26-14-9-11-22-10-4-5-12-25(22)26/h4-7,9-19,29,31H,2-3,8,20-21H2,1H3/t29-,31-/m0/s1.